The average Bonchev–Trinajstić information content (AvgIpc) is 2.44. The molecule has 0 aliphatic carbocycles. The van der Waals surface area contributed by atoms with E-state index in [4.69, 9.17) is 4.74 Å². The predicted octanol–water partition coefficient (Wildman–Crippen LogP) is 2.50. The molecule has 0 bridgehead atoms. The molecule has 2 rings (SSSR count). The number of benzene rings is 1. The maximum absolute atomic E-state index is 13.6. The van der Waals surface area contributed by atoms with Gasteiger partial charge < -0.3 is 14.6 Å². The molecule has 4 nitrogen and oxygen atoms in total. The van der Waals surface area contributed by atoms with Crippen molar-refractivity contribution in [1.29, 1.82) is 0 Å². The summed E-state index contributed by atoms with van der Waals surface area (Å²) in [7, 11) is 0. The van der Waals surface area contributed by atoms with Gasteiger partial charge in [0.1, 0.15) is 0 Å². The Labute approximate surface area is 116 Å². The fraction of sp³-hybridized carbons (Fsp3) is 0.267. The number of anilines is 1. The highest BCUT2D eigenvalue weighted by Crippen LogP contribution is 2.20. The Kier molecular flexibility index (Phi) is 4.76. The van der Waals surface area contributed by atoms with Crippen LogP contribution in [0.2, 0.25) is 0 Å². The minimum Gasteiger partial charge on any atom is -0.491 e. The van der Waals surface area contributed by atoms with Crippen LogP contribution in [0.15, 0.2) is 47.4 Å². The Morgan fingerprint density at radius 2 is 2.15 bits per heavy atom. The number of rotatable bonds is 6. The van der Waals surface area contributed by atoms with Crippen molar-refractivity contribution in [3.05, 3.63) is 58.8 Å². The zero-order valence-electron chi connectivity index (χ0n) is 11.3. The lowest BCUT2D eigenvalue weighted by molar-refractivity contribution is 0.321. The summed E-state index contributed by atoms with van der Waals surface area (Å²) in [5.41, 5.74) is 0.613. The van der Waals surface area contributed by atoms with Crippen molar-refractivity contribution in [2.75, 3.05) is 18.5 Å². The molecule has 0 spiro atoms. The molecule has 0 atom stereocenters. The second kappa shape index (κ2) is 6.75. The number of ether oxygens (including phenoxy) is 1. The number of pyridine rings is 1. The van der Waals surface area contributed by atoms with E-state index < -0.39 is 5.82 Å². The maximum Gasteiger partial charge on any atom is 0.250 e. The van der Waals surface area contributed by atoms with Gasteiger partial charge in [-0.1, -0.05) is 6.07 Å². The maximum atomic E-state index is 13.6. The molecule has 0 unspecified atom stereocenters. The van der Waals surface area contributed by atoms with E-state index >= 15 is 0 Å². The van der Waals surface area contributed by atoms with Gasteiger partial charge >= 0.3 is 0 Å². The lowest BCUT2D eigenvalue weighted by atomic mass is 10.3. The fourth-order valence-electron chi connectivity index (χ4n) is 1.85. The number of halogens is 1. The van der Waals surface area contributed by atoms with Gasteiger partial charge in [0.25, 0.3) is 5.56 Å². The summed E-state index contributed by atoms with van der Waals surface area (Å²) in [5, 5.41) is 3.08. The third-order valence-corrected chi connectivity index (χ3v) is 2.81. The van der Waals surface area contributed by atoms with E-state index in [1.807, 2.05) is 6.92 Å². The first-order chi connectivity index (χ1) is 9.70. The lowest BCUT2D eigenvalue weighted by Crippen LogP contribution is -2.22. The van der Waals surface area contributed by atoms with E-state index in [2.05, 4.69) is 5.32 Å². The summed E-state index contributed by atoms with van der Waals surface area (Å²) < 4.78 is 20.4. The Hall–Kier alpha value is -2.30. The smallest absolute Gasteiger partial charge is 0.250 e. The van der Waals surface area contributed by atoms with E-state index in [0.29, 0.717) is 25.4 Å². The molecule has 0 saturated carbocycles. The Morgan fingerprint density at radius 3 is 2.85 bits per heavy atom. The molecule has 5 heteroatoms. The zero-order chi connectivity index (χ0) is 14.4. The van der Waals surface area contributed by atoms with Crippen LogP contribution in [0.5, 0.6) is 5.75 Å². The van der Waals surface area contributed by atoms with E-state index in [1.54, 1.807) is 35.0 Å². The highest BCUT2D eigenvalue weighted by atomic mass is 19.1. The molecule has 1 heterocycles. The van der Waals surface area contributed by atoms with Crippen molar-refractivity contribution in [2.45, 2.75) is 13.5 Å². The molecule has 0 radical (unpaired) electrons. The summed E-state index contributed by atoms with van der Waals surface area (Å²) in [5.74, 6) is -0.147. The van der Waals surface area contributed by atoms with E-state index in [1.165, 1.54) is 12.1 Å². The quantitative estimate of drug-likeness (QED) is 0.881. The number of hydrogen-bond donors (Lipinski definition) is 1. The van der Waals surface area contributed by atoms with Gasteiger partial charge in [0.2, 0.25) is 0 Å². The largest absolute Gasteiger partial charge is 0.491 e. The van der Waals surface area contributed by atoms with E-state index in [9.17, 15) is 9.18 Å². The number of nitrogens with one attached hydrogen (secondary N) is 1. The molecule has 0 aliphatic heterocycles. The molecular weight excluding hydrogens is 259 g/mol. The van der Waals surface area contributed by atoms with Crippen molar-refractivity contribution in [2.24, 2.45) is 0 Å². The van der Waals surface area contributed by atoms with Gasteiger partial charge in [0.05, 0.1) is 6.61 Å². The SMILES string of the molecule is CCOc1ccc(NCCn2ccccc2=O)cc1F. The van der Waals surface area contributed by atoms with Crippen LogP contribution in [-0.2, 0) is 6.54 Å². The third kappa shape index (κ3) is 3.60. The van der Waals surface area contributed by atoms with Crippen molar-refractivity contribution < 1.29 is 9.13 Å². The number of hydrogen-bond acceptors (Lipinski definition) is 3. The van der Waals surface area contributed by atoms with Gasteiger partial charge in [-0.05, 0) is 25.1 Å². The normalized spacial score (nSPS) is 10.3. The summed E-state index contributed by atoms with van der Waals surface area (Å²) >= 11 is 0. The monoisotopic (exact) mass is 276 g/mol. The fourth-order valence-corrected chi connectivity index (χ4v) is 1.85. The first-order valence-electron chi connectivity index (χ1n) is 6.52. The van der Waals surface area contributed by atoms with Crippen LogP contribution >= 0.6 is 0 Å². The molecule has 20 heavy (non-hydrogen) atoms. The summed E-state index contributed by atoms with van der Waals surface area (Å²) in [6.07, 6.45) is 1.72. The minimum atomic E-state index is -0.395. The Balaban J connectivity index is 1.93. The lowest BCUT2D eigenvalue weighted by Gasteiger charge is -2.10. The second-order valence-corrected chi connectivity index (χ2v) is 4.24. The van der Waals surface area contributed by atoms with Crippen LogP contribution < -0.4 is 15.6 Å². The first kappa shape index (κ1) is 14.1. The summed E-state index contributed by atoms with van der Waals surface area (Å²) in [4.78, 5) is 11.5. The standard InChI is InChI=1S/C15H17FN2O2/c1-2-20-14-7-6-12(11-13(14)16)17-8-10-18-9-4-3-5-15(18)19/h3-7,9,11,17H,2,8,10H2,1H3. The highest BCUT2D eigenvalue weighted by molar-refractivity contribution is 5.47. The van der Waals surface area contributed by atoms with Gasteiger partial charge in [-0.2, -0.15) is 0 Å². The van der Waals surface area contributed by atoms with Gasteiger partial charge in [0, 0.05) is 37.1 Å². The molecule has 1 aromatic carbocycles. The van der Waals surface area contributed by atoms with Crippen LogP contribution in [0.3, 0.4) is 0 Å². The molecular formula is C15H17FN2O2. The third-order valence-electron chi connectivity index (χ3n) is 2.81. The van der Waals surface area contributed by atoms with E-state index in [0.717, 1.165) is 0 Å². The van der Waals surface area contributed by atoms with Crippen molar-refractivity contribution in [3.8, 4) is 5.75 Å². The van der Waals surface area contributed by atoms with Crippen LogP contribution in [0, 0.1) is 5.82 Å². The number of nitrogens with zero attached hydrogens (tertiary/aromatic N) is 1. The average molecular weight is 276 g/mol. The second-order valence-electron chi connectivity index (χ2n) is 4.24. The van der Waals surface area contributed by atoms with E-state index in [-0.39, 0.29) is 11.3 Å². The van der Waals surface area contributed by atoms with Gasteiger partial charge in [-0.25, -0.2) is 4.39 Å². The van der Waals surface area contributed by atoms with Crippen molar-refractivity contribution in [1.82, 2.24) is 4.57 Å². The Morgan fingerprint density at radius 1 is 1.30 bits per heavy atom. The van der Waals surface area contributed by atoms with Crippen LogP contribution in [0.1, 0.15) is 6.92 Å². The minimum absolute atomic E-state index is 0.0489. The summed E-state index contributed by atoms with van der Waals surface area (Å²) in [6.45, 7) is 3.30. The van der Waals surface area contributed by atoms with Crippen LogP contribution in [0.25, 0.3) is 0 Å². The molecule has 0 fully saturated rings. The molecule has 1 aromatic heterocycles. The zero-order valence-corrected chi connectivity index (χ0v) is 11.3. The van der Waals surface area contributed by atoms with Crippen LogP contribution in [-0.4, -0.2) is 17.7 Å². The molecule has 2 aromatic rings. The van der Waals surface area contributed by atoms with Gasteiger partial charge in [0.15, 0.2) is 11.6 Å². The molecule has 1 N–H and O–H groups in total. The molecule has 0 amide bonds. The molecule has 0 aliphatic rings. The number of aromatic nitrogens is 1. The topological polar surface area (TPSA) is 43.3 Å². The first-order valence-corrected chi connectivity index (χ1v) is 6.52. The van der Waals surface area contributed by atoms with Crippen molar-refractivity contribution in [3.63, 3.8) is 0 Å². The highest BCUT2D eigenvalue weighted by Gasteiger charge is 2.03. The van der Waals surface area contributed by atoms with Crippen LogP contribution in [0.4, 0.5) is 10.1 Å². The molecule has 106 valence electrons. The van der Waals surface area contributed by atoms with Gasteiger partial charge in [-0.15, -0.1) is 0 Å². The summed E-state index contributed by atoms with van der Waals surface area (Å²) in [6, 6.07) is 9.75. The van der Waals surface area contributed by atoms with Gasteiger partial charge in [-0.3, -0.25) is 4.79 Å². The Bertz CT molecular complexity index is 625. The van der Waals surface area contributed by atoms with Crippen molar-refractivity contribution >= 4 is 5.69 Å². The molecule has 0 saturated heterocycles. The predicted molar refractivity (Wildman–Crippen MR) is 76.8 cm³/mol.